The molecule has 2 amide bonds. The van der Waals surface area contributed by atoms with Crippen LogP contribution in [0.25, 0.3) is 6.08 Å². The van der Waals surface area contributed by atoms with E-state index < -0.39 is 0 Å². The number of amides is 2. The van der Waals surface area contributed by atoms with E-state index in [0.29, 0.717) is 20.7 Å². The van der Waals surface area contributed by atoms with Gasteiger partial charge in [-0.1, -0.05) is 36.1 Å². The molecule has 3 rings (SSSR count). The van der Waals surface area contributed by atoms with Crippen LogP contribution < -0.4 is 10.1 Å². The quantitative estimate of drug-likeness (QED) is 0.624. The highest BCUT2D eigenvalue weighted by Crippen LogP contribution is 2.33. The molecule has 0 radical (unpaired) electrons. The number of nitrogens with one attached hydrogen (secondary N) is 1. The predicted octanol–water partition coefficient (Wildman–Crippen LogP) is 3.60. The second kappa shape index (κ2) is 7.81. The van der Waals surface area contributed by atoms with Crippen molar-refractivity contribution in [3.05, 3.63) is 51.6 Å². The Balaban J connectivity index is 1.66. The van der Waals surface area contributed by atoms with Gasteiger partial charge in [0.1, 0.15) is 16.6 Å². The van der Waals surface area contributed by atoms with E-state index in [4.69, 9.17) is 17.0 Å². The number of methoxy groups -OCH3 is 1. The van der Waals surface area contributed by atoms with E-state index in [0.717, 1.165) is 4.88 Å². The molecule has 1 saturated heterocycles. The third kappa shape index (κ3) is 4.28. The summed E-state index contributed by atoms with van der Waals surface area (Å²) in [5, 5.41) is 4.68. The van der Waals surface area contributed by atoms with Crippen molar-refractivity contribution in [3.8, 4) is 5.75 Å². The molecule has 0 unspecified atom stereocenters. The lowest BCUT2D eigenvalue weighted by Crippen LogP contribution is -2.36. The number of thiocarbonyl (C=S) groups is 1. The first-order valence-corrected chi connectivity index (χ1v) is 9.40. The molecular formula is C17H14N2O3S3. The smallest absolute Gasteiger partial charge is 0.266 e. The molecule has 0 saturated carbocycles. The summed E-state index contributed by atoms with van der Waals surface area (Å²) in [7, 11) is 1.56. The van der Waals surface area contributed by atoms with Crippen LogP contribution in [-0.2, 0) is 9.59 Å². The number of ether oxygens (including phenoxy) is 1. The van der Waals surface area contributed by atoms with Gasteiger partial charge in [0.25, 0.3) is 5.91 Å². The number of hydrogen-bond acceptors (Lipinski definition) is 6. The van der Waals surface area contributed by atoms with Crippen molar-refractivity contribution in [1.82, 2.24) is 4.90 Å². The van der Waals surface area contributed by atoms with Gasteiger partial charge in [0.2, 0.25) is 5.91 Å². The zero-order valence-corrected chi connectivity index (χ0v) is 15.7. The Morgan fingerprint density at radius 1 is 1.36 bits per heavy atom. The van der Waals surface area contributed by atoms with E-state index in [-0.39, 0.29) is 18.4 Å². The maximum absolute atomic E-state index is 12.5. The normalized spacial score (nSPS) is 15.7. The molecule has 1 N–H and O–H groups in total. The van der Waals surface area contributed by atoms with Crippen molar-refractivity contribution < 1.29 is 14.3 Å². The first-order chi connectivity index (χ1) is 12.1. The molecule has 25 heavy (non-hydrogen) atoms. The summed E-state index contributed by atoms with van der Waals surface area (Å²) in [5.41, 5.74) is 0.601. The average Bonchev–Trinajstić information content (AvgIpc) is 3.19. The maximum Gasteiger partial charge on any atom is 0.266 e. The molecule has 0 aliphatic carbocycles. The molecule has 2 aromatic rings. The van der Waals surface area contributed by atoms with Gasteiger partial charge in [-0.25, -0.2) is 0 Å². The number of carbonyl (C=O) groups is 2. The number of carbonyl (C=O) groups excluding carboxylic acids is 2. The fourth-order valence-corrected chi connectivity index (χ4v) is 4.16. The van der Waals surface area contributed by atoms with Crippen LogP contribution in [0.5, 0.6) is 5.75 Å². The largest absolute Gasteiger partial charge is 0.497 e. The highest BCUT2D eigenvalue weighted by Gasteiger charge is 2.33. The SMILES string of the molecule is COc1cccc(NC(=O)CN2C(=O)C(=Cc3cccs3)SC2=S)c1. The Morgan fingerprint density at radius 2 is 2.20 bits per heavy atom. The minimum absolute atomic E-state index is 0.121. The molecule has 2 heterocycles. The van der Waals surface area contributed by atoms with Gasteiger partial charge in [0, 0.05) is 16.6 Å². The molecule has 5 nitrogen and oxygen atoms in total. The summed E-state index contributed by atoms with van der Waals surface area (Å²) >= 11 is 7.99. The van der Waals surface area contributed by atoms with Crippen molar-refractivity contribution in [3.63, 3.8) is 0 Å². The van der Waals surface area contributed by atoms with Crippen molar-refractivity contribution >= 4 is 63.2 Å². The van der Waals surface area contributed by atoms with Crippen LogP contribution in [0.15, 0.2) is 46.7 Å². The molecule has 1 fully saturated rings. The minimum atomic E-state index is -0.318. The molecule has 0 spiro atoms. The first kappa shape index (κ1) is 17.7. The summed E-state index contributed by atoms with van der Waals surface area (Å²) < 4.78 is 5.50. The minimum Gasteiger partial charge on any atom is -0.497 e. The average molecular weight is 391 g/mol. The van der Waals surface area contributed by atoms with E-state index in [1.807, 2.05) is 17.5 Å². The molecule has 8 heteroatoms. The van der Waals surface area contributed by atoms with Crippen molar-refractivity contribution in [2.45, 2.75) is 0 Å². The monoisotopic (exact) mass is 390 g/mol. The number of hydrogen-bond donors (Lipinski definition) is 1. The Hall–Kier alpha value is -2.16. The summed E-state index contributed by atoms with van der Waals surface area (Å²) in [5.74, 6) is 0.0772. The standard InChI is InChI=1S/C17H14N2O3S3/c1-22-12-5-2-4-11(8-12)18-15(20)10-19-16(21)14(25-17(19)23)9-13-6-3-7-24-13/h2-9H,10H2,1H3,(H,18,20). The topological polar surface area (TPSA) is 58.6 Å². The molecule has 1 aliphatic heterocycles. The lowest BCUT2D eigenvalue weighted by Gasteiger charge is -2.14. The van der Waals surface area contributed by atoms with Crippen LogP contribution in [0.2, 0.25) is 0 Å². The number of thiophene rings is 1. The van der Waals surface area contributed by atoms with Gasteiger partial charge in [0.15, 0.2) is 0 Å². The molecule has 0 bridgehead atoms. The third-order valence-electron chi connectivity index (χ3n) is 3.35. The first-order valence-electron chi connectivity index (χ1n) is 7.29. The molecular weight excluding hydrogens is 376 g/mol. The molecule has 1 aromatic heterocycles. The van der Waals surface area contributed by atoms with Crippen LogP contribution in [0.1, 0.15) is 4.88 Å². The second-order valence-corrected chi connectivity index (χ2v) is 7.72. The van der Waals surface area contributed by atoms with Gasteiger partial charge < -0.3 is 10.1 Å². The highest BCUT2D eigenvalue weighted by atomic mass is 32.2. The van der Waals surface area contributed by atoms with E-state index in [1.165, 1.54) is 28.0 Å². The van der Waals surface area contributed by atoms with Crippen molar-refractivity contribution in [2.24, 2.45) is 0 Å². The van der Waals surface area contributed by atoms with E-state index in [9.17, 15) is 9.59 Å². The van der Waals surface area contributed by atoms with Crippen LogP contribution in [0.3, 0.4) is 0 Å². The van der Waals surface area contributed by atoms with Gasteiger partial charge >= 0.3 is 0 Å². The Kier molecular flexibility index (Phi) is 5.52. The molecule has 0 atom stereocenters. The summed E-state index contributed by atoms with van der Waals surface area (Å²) in [6.07, 6.45) is 1.80. The van der Waals surface area contributed by atoms with Crippen LogP contribution in [0.4, 0.5) is 5.69 Å². The van der Waals surface area contributed by atoms with Crippen LogP contribution >= 0.6 is 35.3 Å². The highest BCUT2D eigenvalue weighted by molar-refractivity contribution is 8.26. The van der Waals surface area contributed by atoms with Crippen LogP contribution in [0, 0.1) is 0 Å². The van der Waals surface area contributed by atoms with Crippen LogP contribution in [-0.4, -0.2) is 34.7 Å². The molecule has 1 aliphatic rings. The number of thioether (sulfide) groups is 1. The van der Waals surface area contributed by atoms with E-state index >= 15 is 0 Å². The maximum atomic E-state index is 12.5. The number of rotatable bonds is 5. The lowest BCUT2D eigenvalue weighted by atomic mass is 10.3. The summed E-state index contributed by atoms with van der Waals surface area (Å²) in [6.45, 7) is -0.121. The lowest BCUT2D eigenvalue weighted by molar-refractivity contribution is -0.126. The van der Waals surface area contributed by atoms with Gasteiger partial charge in [-0.3, -0.25) is 14.5 Å². The fraction of sp³-hybridized carbons (Fsp3) is 0.118. The number of benzene rings is 1. The molecule has 128 valence electrons. The zero-order valence-electron chi connectivity index (χ0n) is 13.2. The van der Waals surface area contributed by atoms with Crippen molar-refractivity contribution in [2.75, 3.05) is 19.0 Å². The van der Waals surface area contributed by atoms with E-state index in [2.05, 4.69) is 5.32 Å². The van der Waals surface area contributed by atoms with Crippen molar-refractivity contribution in [1.29, 1.82) is 0 Å². The van der Waals surface area contributed by atoms with Gasteiger partial charge in [0.05, 0.1) is 12.0 Å². The Morgan fingerprint density at radius 3 is 2.92 bits per heavy atom. The Labute approximate surface area is 158 Å². The second-order valence-electron chi connectivity index (χ2n) is 5.06. The Bertz CT molecular complexity index is 847. The van der Waals surface area contributed by atoms with Gasteiger partial charge in [-0.05, 0) is 29.7 Å². The van der Waals surface area contributed by atoms with Gasteiger partial charge in [-0.2, -0.15) is 0 Å². The number of nitrogens with zero attached hydrogens (tertiary/aromatic N) is 1. The summed E-state index contributed by atoms with van der Waals surface area (Å²) in [4.78, 5) is 27.6. The predicted molar refractivity (Wildman–Crippen MR) is 106 cm³/mol. The zero-order chi connectivity index (χ0) is 17.8. The van der Waals surface area contributed by atoms with E-state index in [1.54, 1.807) is 37.5 Å². The fourth-order valence-electron chi connectivity index (χ4n) is 2.18. The summed E-state index contributed by atoms with van der Waals surface area (Å²) in [6, 6.07) is 10.9. The number of anilines is 1. The van der Waals surface area contributed by atoms with Gasteiger partial charge in [-0.15, -0.1) is 11.3 Å². The molecule has 1 aromatic carbocycles. The third-order valence-corrected chi connectivity index (χ3v) is 5.54.